The number of benzene rings is 3. The number of amides is 2. The number of aromatic nitrogens is 3. The summed E-state index contributed by atoms with van der Waals surface area (Å²) in [5, 5.41) is 3.01. The zero-order valence-electron chi connectivity index (χ0n) is 29.6. The van der Waals surface area contributed by atoms with E-state index in [9.17, 15) is 31.9 Å². The Balaban J connectivity index is 1.67. The molecule has 5 aromatic rings. The molecule has 0 saturated carbocycles. The van der Waals surface area contributed by atoms with E-state index in [-0.39, 0.29) is 30.9 Å². The van der Waals surface area contributed by atoms with E-state index in [1.54, 1.807) is 93.8 Å². The molecule has 0 saturated heterocycles. The van der Waals surface area contributed by atoms with Crippen LogP contribution in [-0.4, -0.2) is 50.2 Å². The van der Waals surface area contributed by atoms with Crippen LogP contribution in [0.25, 0.3) is 16.6 Å². The Morgan fingerprint density at radius 1 is 0.962 bits per heavy atom. The van der Waals surface area contributed by atoms with Crippen molar-refractivity contribution in [2.75, 3.05) is 13.2 Å². The molecule has 1 N–H and O–H groups in total. The Morgan fingerprint density at radius 2 is 1.70 bits per heavy atom. The monoisotopic (exact) mass is 733 g/mol. The molecular formula is C39H39F4N5O5. The first-order chi connectivity index (χ1) is 25.1. The Kier molecular flexibility index (Phi) is 11.8. The summed E-state index contributed by atoms with van der Waals surface area (Å²) in [6.45, 7) is 7.26. The molecule has 1 atom stereocenters. The van der Waals surface area contributed by atoms with E-state index in [0.717, 1.165) is 6.07 Å². The molecule has 0 fully saturated rings. The SMILES string of the molecule is CCOc1ccc(-n2c([C@@H](CCNC(=O)OC(C)(C)C)N(Cc3cccnc3)C(=O)Cc3ccc(C(F)(F)F)c(F)c3)nc3ccccc3c2=O)cc1. The van der Waals surface area contributed by atoms with Gasteiger partial charge in [0.15, 0.2) is 0 Å². The third-order valence-corrected chi connectivity index (χ3v) is 8.06. The fourth-order valence-corrected chi connectivity index (χ4v) is 5.77. The molecular weight excluding hydrogens is 694 g/mol. The highest BCUT2D eigenvalue weighted by Gasteiger charge is 2.35. The van der Waals surface area contributed by atoms with Crippen molar-refractivity contribution >= 4 is 22.9 Å². The molecule has 2 heterocycles. The quantitative estimate of drug-likeness (QED) is 0.132. The Hall–Kier alpha value is -5.79. The van der Waals surface area contributed by atoms with Crippen molar-refractivity contribution in [1.29, 1.82) is 0 Å². The number of nitrogens with one attached hydrogen (secondary N) is 1. The van der Waals surface area contributed by atoms with Crippen LogP contribution in [-0.2, 0) is 28.7 Å². The number of alkyl carbamates (subject to hydrolysis) is 1. The number of carbonyl (C=O) groups is 2. The largest absolute Gasteiger partial charge is 0.494 e. The van der Waals surface area contributed by atoms with Crippen molar-refractivity contribution in [1.82, 2.24) is 24.8 Å². The first-order valence-corrected chi connectivity index (χ1v) is 16.9. The van der Waals surface area contributed by atoms with E-state index < -0.39 is 53.2 Å². The average Bonchev–Trinajstić information content (AvgIpc) is 3.09. The summed E-state index contributed by atoms with van der Waals surface area (Å²) < 4.78 is 67.1. The Labute approximate surface area is 303 Å². The molecule has 2 aromatic heterocycles. The molecule has 0 unspecified atom stereocenters. The van der Waals surface area contributed by atoms with Crippen LogP contribution in [0.1, 0.15) is 62.7 Å². The van der Waals surface area contributed by atoms with E-state index in [1.807, 2.05) is 6.92 Å². The zero-order chi connectivity index (χ0) is 38.3. The molecule has 10 nitrogen and oxygen atoms in total. The number of para-hydroxylation sites is 1. The molecule has 0 radical (unpaired) electrons. The maximum atomic E-state index is 14.7. The van der Waals surface area contributed by atoms with Crippen LogP contribution in [0.15, 0.2) is 96.1 Å². The zero-order valence-corrected chi connectivity index (χ0v) is 29.6. The number of alkyl halides is 3. The number of carbonyl (C=O) groups excluding carboxylic acids is 2. The molecule has 2 amide bonds. The van der Waals surface area contributed by atoms with Gasteiger partial charge >= 0.3 is 12.3 Å². The Morgan fingerprint density at radius 3 is 2.34 bits per heavy atom. The molecule has 5 rings (SSSR count). The van der Waals surface area contributed by atoms with Gasteiger partial charge in [0.05, 0.1) is 41.2 Å². The predicted octanol–water partition coefficient (Wildman–Crippen LogP) is 7.56. The number of halogens is 4. The van der Waals surface area contributed by atoms with Crippen LogP contribution in [0, 0.1) is 5.82 Å². The second kappa shape index (κ2) is 16.3. The molecule has 14 heteroatoms. The third-order valence-electron chi connectivity index (χ3n) is 8.06. The third kappa shape index (κ3) is 9.76. The number of hydrogen-bond acceptors (Lipinski definition) is 7. The van der Waals surface area contributed by atoms with Crippen molar-refractivity contribution in [2.24, 2.45) is 0 Å². The van der Waals surface area contributed by atoms with Crippen LogP contribution in [0.2, 0.25) is 0 Å². The van der Waals surface area contributed by atoms with E-state index in [2.05, 4.69) is 10.3 Å². The van der Waals surface area contributed by atoms with Crippen molar-refractivity contribution in [2.45, 2.75) is 64.9 Å². The number of fused-ring (bicyclic) bond motifs is 1. The van der Waals surface area contributed by atoms with Gasteiger partial charge in [-0.25, -0.2) is 14.2 Å². The van der Waals surface area contributed by atoms with Gasteiger partial charge in [-0.3, -0.25) is 19.1 Å². The van der Waals surface area contributed by atoms with Gasteiger partial charge in [-0.2, -0.15) is 13.2 Å². The van der Waals surface area contributed by atoms with Crippen molar-refractivity contribution in [3.05, 3.63) is 130 Å². The highest BCUT2D eigenvalue weighted by Crippen LogP contribution is 2.33. The fraction of sp³-hybridized carbons (Fsp3) is 0.308. The molecule has 3 aromatic carbocycles. The molecule has 0 aliphatic carbocycles. The summed E-state index contributed by atoms with van der Waals surface area (Å²) >= 11 is 0. The van der Waals surface area contributed by atoms with Crippen LogP contribution in [0.4, 0.5) is 22.4 Å². The van der Waals surface area contributed by atoms with Gasteiger partial charge in [-0.05, 0) is 99.8 Å². The van der Waals surface area contributed by atoms with Crippen LogP contribution in [0.3, 0.4) is 0 Å². The normalized spacial score (nSPS) is 12.3. The Bertz CT molecular complexity index is 2120. The predicted molar refractivity (Wildman–Crippen MR) is 190 cm³/mol. The lowest BCUT2D eigenvalue weighted by atomic mass is 10.0. The van der Waals surface area contributed by atoms with Gasteiger partial charge in [-0.15, -0.1) is 0 Å². The lowest BCUT2D eigenvalue weighted by molar-refractivity contribution is -0.140. The van der Waals surface area contributed by atoms with Gasteiger partial charge in [0.2, 0.25) is 5.91 Å². The van der Waals surface area contributed by atoms with E-state index in [0.29, 0.717) is 46.6 Å². The highest BCUT2D eigenvalue weighted by atomic mass is 19.4. The van der Waals surface area contributed by atoms with E-state index >= 15 is 0 Å². The number of pyridine rings is 1. The summed E-state index contributed by atoms with van der Waals surface area (Å²) in [7, 11) is 0. The van der Waals surface area contributed by atoms with Gasteiger partial charge in [0.1, 0.15) is 23.0 Å². The van der Waals surface area contributed by atoms with Crippen molar-refractivity contribution < 1.29 is 36.6 Å². The first-order valence-electron chi connectivity index (χ1n) is 16.9. The number of hydrogen-bond donors (Lipinski definition) is 1. The minimum absolute atomic E-state index is 0.00214. The maximum absolute atomic E-state index is 14.7. The second-order valence-electron chi connectivity index (χ2n) is 13.2. The fourth-order valence-electron chi connectivity index (χ4n) is 5.77. The topological polar surface area (TPSA) is 116 Å². The molecule has 0 aliphatic rings. The maximum Gasteiger partial charge on any atom is 0.419 e. The lowest BCUT2D eigenvalue weighted by Crippen LogP contribution is -2.41. The van der Waals surface area contributed by atoms with Gasteiger partial charge in [0, 0.05) is 25.5 Å². The summed E-state index contributed by atoms with van der Waals surface area (Å²) in [6.07, 6.45) is -3.02. The van der Waals surface area contributed by atoms with Gasteiger partial charge in [-0.1, -0.05) is 24.3 Å². The number of nitrogens with zero attached hydrogens (tertiary/aromatic N) is 4. The van der Waals surface area contributed by atoms with Crippen LogP contribution < -0.4 is 15.6 Å². The smallest absolute Gasteiger partial charge is 0.419 e. The standard InChI is InChI=1S/C39H39F4N5O5/c1-5-52-28-15-13-27(14-16-28)48-35(46-32-11-7-6-10-29(32)36(48)50)33(18-20-45-37(51)53-38(2,3)4)47(24-26-9-8-19-44-23-26)34(49)22-25-12-17-30(31(40)21-25)39(41,42)43/h6-17,19,21,23,33H,5,18,20,22,24H2,1-4H3,(H,45,51)/t33-/m1/s1. The second-order valence-corrected chi connectivity index (χ2v) is 13.2. The van der Waals surface area contributed by atoms with E-state index in [1.165, 1.54) is 9.47 Å². The summed E-state index contributed by atoms with van der Waals surface area (Å²) in [5.41, 5.74) is -1.34. The molecule has 0 spiro atoms. The summed E-state index contributed by atoms with van der Waals surface area (Å²) in [6, 6.07) is 18.2. The highest BCUT2D eigenvalue weighted by molar-refractivity contribution is 5.80. The van der Waals surface area contributed by atoms with Crippen LogP contribution in [0.5, 0.6) is 5.75 Å². The first kappa shape index (κ1) is 38.4. The molecule has 0 aliphatic heterocycles. The summed E-state index contributed by atoms with van der Waals surface area (Å²) in [4.78, 5) is 52.0. The molecule has 278 valence electrons. The number of rotatable bonds is 12. The van der Waals surface area contributed by atoms with Gasteiger partial charge in [0.25, 0.3) is 5.56 Å². The molecule has 53 heavy (non-hydrogen) atoms. The lowest BCUT2D eigenvalue weighted by Gasteiger charge is -2.33. The number of ether oxygens (including phenoxy) is 2. The molecule has 0 bridgehead atoms. The van der Waals surface area contributed by atoms with Crippen LogP contribution >= 0.6 is 0 Å². The van der Waals surface area contributed by atoms with Crippen molar-refractivity contribution in [3.8, 4) is 11.4 Å². The summed E-state index contributed by atoms with van der Waals surface area (Å²) in [5.74, 6) is -1.43. The van der Waals surface area contributed by atoms with Crippen molar-refractivity contribution in [3.63, 3.8) is 0 Å². The van der Waals surface area contributed by atoms with E-state index in [4.69, 9.17) is 14.5 Å². The minimum Gasteiger partial charge on any atom is -0.494 e. The minimum atomic E-state index is -4.92. The average molecular weight is 734 g/mol. The van der Waals surface area contributed by atoms with Gasteiger partial charge < -0.3 is 19.7 Å².